The van der Waals surface area contributed by atoms with Gasteiger partial charge in [-0.1, -0.05) is 42.5 Å². The molecular formula is C24H23N3O2S. The van der Waals surface area contributed by atoms with Crippen molar-refractivity contribution in [2.75, 3.05) is 6.26 Å². The zero-order valence-electron chi connectivity index (χ0n) is 16.8. The summed E-state index contributed by atoms with van der Waals surface area (Å²) in [5.41, 5.74) is 5.24. The van der Waals surface area contributed by atoms with Gasteiger partial charge in [0.15, 0.2) is 0 Å². The summed E-state index contributed by atoms with van der Waals surface area (Å²) in [6.07, 6.45) is 1.40. The summed E-state index contributed by atoms with van der Waals surface area (Å²) in [6, 6.07) is 23.5. The van der Waals surface area contributed by atoms with Crippen LogP contribution in [0.4, 0.5) is 0 Å². The zero-order chi connectivity index (χ0) is 21.1. The Morgan fingerprint density at radius 2 is 1.67 bits per heavy atom. The minimum absolute atomic E-state index is 0.304. The normalized spacial score (nSPS) is 15.2. The van der Waals surface area contributed by atoms with E-state index in [0.29, 0.717) is 22.8 Å². The van der Waals surface area contributed by atoms with Gasteiger partial charge in [-0.25, -0.2) is 8.99 Å². The van der Waals surface area contributed by atoms with E-state index in [1.807, 2.05) is 18.2 Å². The van der Waals surface area contributed by atoms with Crippen LogP contribution < -0.4 is 4.74 Å². The number of fused-ring (bicyclic) bond motifs is 1. The highest BCUT2D eigenvalue weighted by Gasteiger charge is 2.18. The van der Waals surface area contributed by atoms with Crippen LogP contribution in [0, 0.1) is 16.1 Å². The molecule has 0 fully saturated rings. The van der Waals surface area contributed by atoms with Crippen molar-refractivity contribution >= 4 is 9.73 Å². The van der Waals surface area contributed by atoms with E-state index in [-0.39, 0.29) is 0 Å². The lowest BCUT2D eigenvalue weighted by molar-refractivity contribution is 0.275. The molecule has 0 aliphatic carbocycles. The predicted molar refractivity (Wildman–Crippen MR) is 116 cm³/mol. The topological polar surface area (TPSA) is 77.2 Å². The van der Waals surface area contributed by atoms with E-state index in [9.17, 15) is 9.47 Å². The lowest BCUT2D eigenvalue weighted by Crippen LogP contribution is -2.15. The first-order valence-electron chi connectivity index (χ1n) is 9.70. The third kappa shape index (κ3) is 4.54. The maximum absolute atomic E-state index is 11.8. The van der Waals surface area contributed by atoms with Gasteiger partial charge in [-0.15, -0.1) is 0 Å². The van der Waals surface area contributed by atoms with Gasteiger partial charge in [-0.3, -0.25) is 4.90 Å². The minimum Gasteiger partial charge on any atom is -0.488 e. The lowest BCUT2D eigenvalue weighted by Gasteiger charge is -2.16. The summed E-state index contributed by atoms with van der Waals surface area (Å²) in [6.45, 7) is 2.94. The molecule has 5 nitrogen and oxygen atoms in total. The molecule has 0 radical (unpaired) electrons. The summed E-state index contributed by atoms with van der Waals surface area (Å²) >= 11 is 0. The minimum atomic E-state index is -2.72. The average Bonchev–Trinajstić information content (AvgIpc) is 3.14. The van der Waals surface area contributed by atoms with Crippen molar-refractivity contribution in [3.05, 3.63) is 94.5 Å². The highest BCUT2D eigenvalue weighted by molar-refractivity contribution is 7.91. The molecule has 1 atom stereocenters. The number of benzene rings is 3. The molecule has 6 heteroatoms. The molecule has 0 amide bonds. The van der Waals surface area contributed by atoms with Crippen LogP contribution in [0.15, 0.2) is 71.6 Å². The fourth-order valence-electron chi connectivity index (χ4n) is 3.67. The molecule has 0 saturated carbocycles. The second-order valence-corrected chi connectivity index (χ2v) is 9.79. The number of nitriles is 1. The van der Waals surface area contributed by atoms with Gasteiger partial charge in [0, 0.05) is 30.8 Å². The third-order valence-corrected chi connectivity index (χ3v) is 6.42. The van der Waals surface area contributed by atoms with Crippen molar-refractivity contribution in [3.8, 4) is 11.8 Å². The van der Waals surface area contributed by atoms with Crippen LogP contribution in [0.2, 0.25) is 0 Å². The number of rotatable bonds is 6. The Morgan fingerprint density at radius 1 is 1.03 bits per heavy atom. The van der Waals surface area contributed by atoms with E-state index in [2.05, 4.69) is 35.2 Å². The third-order valence-electron chi connectivity index (χ3n) is 5.24. The second-order valence-electron chi connectivity index (χ2n) is 7.63. The Bertz CT molecular complexity index is 1190. The summed E-state index contributed by atoms with van der Waals surface area (Å²) in [7, 11) is -2.72. The molecule has 1 heterocycles. The Balaban J connectivity index is 1.41. The van der Waals surface area contributed by atoms with E-state index >= 15 is 0 Å². The molecule has 1 unspecified atom stereocenters. The first-order valence-corrected chi connectivity index (χ1v) is 11.7. The maximum Gasteiger partial charge on any atom is 0.137 e. The molecule has 1 aliphatic rings. The van der Waals surface area contributed by atoms with Gasteiger partial charge in [0.1, 0.15) is 18.4 Å². The summed E-state index contributed by atoms with van der Waals surface area (Å²) in [5.74, 6) is 0.551. The maximum atomic E-state index is 11.8. The number of nitrogens with zero attached hydrogens (tertiary/aromatic N) is 2. The number of ether oxygens (including phenoxy) is 1. The van der Waals surface area contributed by atoms with Crippen molar-refractivity contribution in [1.82, 2.24) is 4.90 Å². The fraction of sp³-hybridized carbons (Fsp3) is 0.208. The van der Waals surface area contributed by atoms with Gasteiger partial charge in [-0.05, 0) is 46.5 Å². The van der Waals surface area contributed by atoms with Gasteiger partial charge in [0.25, 0.3) is 0 Å². The van der Waals surface area contributed by atoms with Crippen LogP contribution in [0.1, 0.15) is 27.8 Å². The number of nitrogens with one attached hydrogen (secondary N) is 1. The smallest absolute Gasteiger partial charge is 0.137 e. The molecule has 0 spiro atoms. The van der Waals surface area contributed by atoms with Gasteiger partial charge in [0.2, 0.25) is 0 Å². The molecule has 0 bridgehead atoms. The van der Waals surface area contributed by atoms with Crippen molar-refractivity contribution in [1.29, 1.82) is 10.0 Å². The molecular weight excluding hydrogens is 394 g/mol. The van der Waals surface area contributed by atoms with Crippen molar-refractivity contribution in [2.24, 2.45) is 0 Å². The molecule has 1 N–H and O–H groups in total. The van der Waals surface area contributed by atoms with E-state index in [0.717, 1.165) is 30.8 Å². The molecule has 152 valence electrons. The largest absolute Gasteiger partial charge is 0.488 e. The number of hydrogen-bond acceptors (Lipinski definition) is 5. The predicted octanol–water partition coefficient (Wildman–Crippen LogP) is 4.69. The molecule has 4 rings (SSSR count). The van der Waals surface area contributed by atoms with E-state index < -0.39 is 9.73 Å². The van der Waals surface area contributed by atoms with Gasteiger partial charge in [0.05, 0.1) is 15.3 Å². The van der Waals surface area contributed by atoms with Gasteiger partial charge in [-0.2, -0.15) is 5.26 Å². The van der Waals surface area contributed by atoms with Gasteiger partial charge < -0.3 is 4.74 Å². The van der Waals surface area contributed by atoms with E-state index in [1.165, 1.54) is 17.4 Å². The van der Waals surface area contributed by atoms with E-state index in [1.54, 1.807) is 24.3 Å². The van der Waals surface area contributed by atoms with Crippen LogP contribution in [0.3, 0.4) is 0 Å². The quantitative estimate of drug-likeness (QED) is 0.631. The molecule has 3 aromatic rings. The Kier molecular flexibility index (Phi) is 5.58. The first kappa shape index (κ1) is 20.1. The van der Waals surface area contributed by atoms with Crippen LogP contribution in [-0.2, 0) is 36.0 Å². The van der Waals surface area contributed by atoms with Crippen LogP contribution >= 0.6 is 0 Å². The average molecular weight is 418 g/mol. The summed E-state index contributed by atoms with van der Waals surface area (Å²) in [4.78, 5) is 2.86. The van der Waals surface area contributed by atoms with Crippen LogP contribution in [0.25, 0.3) is 0 Å². The van der Waals surface area contributed by atoms with E-state index in [4.69, 9.17) is 9.52 Å². The number of hydrogen-bond donors (Lipinski definition) is 1. The van der Waals surface area contributed by atoms with Gasteiger partial charge >= 0.3 is 0 Å². The Morgan fingerprint density at radius 3 is 2.27 bits per heavy atom. The fourth-order valence-corrected chi connectivity index (χ4v) is 4.32. The Labute approximate surface area is 177 Å². The highest BCUT2D eigenvalue weighted by Crippen LogP contribution is 2.26. The molecule has 30 heavy (non-hydrogen) atoms. The highest BCUT2D eigenvalue weighted by atomic mass is 32.2. The summed E-state index contributed by atoms with van der Waals surface area (Å²) in [5, 5.41) is 9.57. The van der Waals surface area contributed by atoms with Crippen LogP contribution in [0.5, 0.6) is 5.75 Å². The standard InChI is InChI=1S/C24H23N3O2S/c1-30(26,28)23-9-6-18(7-10-23)17-29-24-11-8-19(12-22(24)13-25)14-27-15-20-4-2-3-5-21(20)16-27/h2-12,26H,14-17H2,1H3. The van der Waals surface area contributed by atoms with Crippen molar-refractivity contribution in [3.63, 3.8) is 0 Å². The summed E-state index contributed by atoms with van der Waals surface area (Å²) < 4.78 is 25.3. The first-order chi connectivity index (χ1) is 14.4. The van der Waals surface area contributed by atoms with Crippen molar-refractivity contribution < 1.29 is 8.95 Å². The molecule has 0 aromatic heterocycles. The lowest BCUT2D eigenvalue weighted by atomic mass is 10.1. The zero-order valence-corrected chi connectivity index (χ0v) is 17.6. The molecule has 3 aromatic carbocycles. The Hall–Kier alpha value is -3.14. The second kappa shape index (κ2) is 8.31. The monoisotopic (exact) mass is 417 g/mol. The SMILES string of the molecule is CS(=N)(=O)c1ccc(COc2ccc(CN3Cc4ccccc4C3)cc2C#N)cc1. The molecule has 0 saturated heterocycles. The molecule has 1 aliphatic heterocycles. The van der Waals surface area contributed by atoms with Crippen LogP contribution in [-0.4, -0.2) is 15.4 Å². The van der Waals surface area contributed by atoms with Crippen molar-refractivity contribution in [2.45, 2.75) is 31.1 Å².